The van der Waals surface area contributed by atoms with Crippen LogP contribution in [-0.2, 0) is 4.74 Å². The molecule has 0 saturated carbocycles. The predicted octanol–water partition coefficient (Wildman–Crippen LogP) is 2.16. The monoisotopic (exact) mass is 459 g/mol. The Balaban J connectivity index is 1.34. The molecule has 2 aliphatic rings. The molecule has 0 atom stereocenters. The molecule has 2 aromatic heterocycles. The molecule has 0 aliphatic carbocycles. The van der Waals surface area contributed by atoms with Crippen LogP contribution < -0.4 is 15.0 Å². The molecule has 2 saturated heterocycles. The number of piperazine rings is 1. The second-order valence-corrected chi connectivity index (χ2v) is 7.98. The Morgan fingerprint density at radius 2 is 2.03 bits per heavy atom. The summed E-state index contributed by atoms with van der Waals surface area (Å²) in [5.41, 5.74) is 2.65. The van der Waals surface area contributed by atoms with Crippen LogP contribution in [0.3, 0.4) is 0 Å². The zero-order chi connectivity index (χ0) is 19.8. The van der Waals surface area contributed by atoms with Crippen molar-refractivity contribution >= 4 is 38.8 Å². The molecular weight excluding hydrogens is 438 g/mol. The normalized spacial score (nSPS) is 18.1. The van der Waals surface area contributed by atoms with Crippen molar-refractivity contribution in [2.24, 2.45) is 0 Å². The molecule has 0 spiro atoms. The molecule has 5 rings (SSSR count). The molecule has 0 unspecified atom stereocenters. The highest BCUT2D eigenvalue weighted by Gasteiger charge is 2.29. The molecule has 2 aliphatic heterocycles. The van der Waals surface area contributed by atoms with Gasteiger partial charge in [-0.15, -0.1) is 0 Å². The summed E-state index contributed by atoms with van der Waals surface area (Å²) in [6.45, 7) is 5.79. The number of aromatic nitrogens is 4. The molecular formula is C19H22BrN7O2. The SMILES string of the molecule is COc1cc(Nc2nc(Br)cn3ncnc23)ccc1N1CCN(C2COC2)CC1. The van der Waals surface area contributed by atoms with E-state index < -0.39 is 0 Å². The first-order valence-corrected chi connectivity index (χ1v) is 10.4. The number of anilines is 3. The van der Waals surface area contributed by atoms with Crippen molar-refractivity contribution in [1.29, 1.82) is 0 Å². The lowest BCUT2D eigenvalue weighted by atomic mass is 10.1. The third kappa shape index (κ3) is 3.63. The van der Waals surface area contributed by atoms with Gasteiger partial charge in [0, 0.05) is 37.9 Å². The fourth-order valence-corrected chi connectivity index (χ4v) is 4.17. The zero-order valence-electron chi connectivity index (χ0n) is 16.1. The van der Waals surface area contributed by atoms with Gasteiger partial charge in [-0.25, -0.2) is 14.5 Å². The first-order chi connectivity index (χ1) is 14.2. The summed E-state index contributed by atoms with van der Waals surface area (Å²) in [6, 6.07) is 6.73. The molecule has 152 valence electrons. The van der Waals surface area contributed by atoms with E-state index in [2.05, 4.69) is 52.2 Å². The summed E-state index contributed by atoms with van der Waals surface area (Å²) < 4.78 is 13.4. The molecule has 3 aromatic rings. The Bertz CT molecular complexity index is 1010. The lowest BCUT2D eigenvalue weighted by molar-refractivity contribution is -0.0660. The maximum absolute atomic E-state index is 5.70. The van der Waals surface area contributed by atoms with Crippen LogP contribution in [0.5, 0.6) is 5.75 Å². The Morgan fingerprint density at radius 3 is 2.76 bits per heavy atom. The number of nitrogens with zero attached hydrogens (tertiary/aromatic N) is 6. The van der Waals surface area contributed by atoms with E-state index in [9.17, 15) is 0 Å². The van der Waals surface area contributed by atoms with Crippen LogP contribution in [0.15, 0.2) is 35.3 Å². The van der Waals surface area contributed by atoms with E-state index in [1.54, 1.807) is 17.8 Å². The average molecular weight is 460 g/mol. The second kappa shape index (κ2) is 7.77. The van der Waals surface area contributed by atoms with Crippen LogP contribution in [0, 0.1) is 0 Å². The van der Waals surface area contributed by atoms with E-state index in [0.29, 0.717) is 22.1 Å². The van der Waals surface area contributed by atoms with E-state index in [1.807, 2.05) is 12.1 Å². The highest BCUT2D eigenvalue weighted by Crippen LogP contribution is 2.33. The van der Waals surface area contributed by atoms with Gasteiger partial charge in [0.1, 0.15) is 16.7 Å². The molecule has 0 bridgehead atoms. The minimum absolute atomic E-state index is 0.595. The van der Waals surface area contributed by atoms with Crippen molar-refractivity contribution in [3.8, 4) is 5.75 Å². The fraction of sp³-hybridized carbons (Fsp3) is 0.421. The van der Waals surface area contributed by atoms with E-state index in [4.69, 9.17) is 9.47 Å². The van der Waals surface area contributed by atoms with Crippen LogP contribution >= 0.6 is 15.9 Å². The zero-order valence-corrected chi connectivity index (χ0v) is 17.7. The van der Waals surface area contributed by atoms with Crippen molar-refractivity contribution in [3.63, 3.8) is 0 Å². The molecule has 9 nitrogen and oxygen atoms in total. The van der Waals surface area contributed by atoms with Crippen molar-refractivity contribution in [2.45, 2.75) is 6.04 Å². The molecule has 4 heterocycles. The maximum atomic E-state index is 5.70. The first kappa shape index (κ1) is 18.6. The Labute approximate surface area is 176 Å². The Hall–Kier alpha value is -2.43. The van der Waals surface area contributed by atoms with Crippen LogP contribution in [0.4, 0.5) is 17.2 Å². The van der Waals surface area contributed by atoms with Gasteiger partial charge < -0.3 is 19.7 Å². The number of methoxy groups -OCH3 is 1. The van der Waals surface area contributed by atoms with Crippen molar-refractivity contribution in [3.05, 3.63) is 35.3 Å². The molecule has 1 aromatic carbocycles. The van der Waals surface area contributed by atoms with Gasteiger partial charge in [-0.05, 0) is 28.1 Å². The smallest absolute Gasteiger partial charge is 0.198 e. The van der Waals surface area contributed by atoms with Crippen LogP contribution in [0.25, 0.3) is 5.65 Å². The number of benzene rings is 1. The summed E-state index contributed by atoms with van der Waals surface area (Å²) in [5.74, 6) is 1.46. The van der Waals surface area contributed by atoms with E-state index in [0.717, 1.165) is 56.5 Å². The number of halogens is 1. The van der Waals surface area contributed by atoms with Crippen LogP contribution in [-0.4, -0.2) is 77.0 Å². The Morgan fingerprint density at radius 1 is 1.21 bits per heavy atom. The van der Waals surface area contributed by atoms with Gasteiger partial charge in [0.25, 0.3) is 0 Å². The van der Waals surface area contributed by atoms with Gasteiger partial charge in [0.05, 0.1) is 38.2 Å². The average Bonchev–Trinajstić information content (AvgIpc) is 3.16. The minimum Gasteiger partial charge on any atom is -0.495 e. The van der Waals surface area contributed by atoms with Gasteiger partial charge in [-0.1, -0.05) is 0 Å². The van der Waals surface area contributed by atoms with Gasteiger partial charge in [0.15, 0.2) is 11.5 Å². The fourth-order valence-electron chi connectivity index (χ4n) is 3.80. The summed E-state index contributed by atoms with van der Waals surface area (Å²) in [5, 5.41) is 7.50. The molecule has 0 amide bonds. The summed E-state index contributed by atoms with van der Waals surface area (Å²) in [4.78, 5) is 13.7. The van der Waals surface area contributed by atoms with Gasteiger partial charge >= 0.3 is 0 Å². The quantitative estimate of drug-likeness (QED) is 0.621. The molecule has 29 heavy (non-hydrogen) atoms. The van der Waals surface area contributed by atoms with E-state index >= 15 is 0 Å². The molecule has 2 fully saturated rings. The number of nitrogens with one attached hydrogen (secondary N) is 1. The highest BCUT2D eigenvalue weighted by molar-refractivity contribution is 9.10. The standard InChI is InChI=1S/C19H22BrN7O2/c1-28-16-8-13(23-18-19-21-12-22-27(19)9-17(20)24-18)2-3-15(16)26-6-4-25(5-7-26)14-10-29-11-14/h2-3,8-9,12,14H,4-7,10-11H2,1H3,(H,23,24). The number of rotatable bonds is 5. The van der Waals surface area contributed by atoms with Crippen LogP contribution in [0.1, 0.15) is 0 Å². The largest absolute Gasteiger partial charge is 0.495 e. The molecule has 1 N–H and O–H groups in total. The van der Waals surface area contributed by atoms with E-state index in [-0.39, 0.29) is 0 Å². The van der Waals surface area contributed by atoms with Crippen molar-refractivity contribution in [1.82, 2.24) is 24.5 Å². The molecule has 0 radical (unpaired) electrons. The summed E-state index contributed by atoms with van der Waals surface area (Å²) in [6.07, 6.45) is 3.28. The minimum atomic E-state index is 0.595. The van der Waals surface area contributed by atoms with Crippen LogP contribution in [0.2, 0.25) is 0 Å². The predicted molar refractivity (Wildman–Crippen MR) is 113 cm³/mol. The van der Waals surface area contributed by atoms with E-state index in [1.165, 1.54) is 6.33 Å². The number of fused-ring (bicyclic) bond motifs is 1. The number of ether oxygens (including phenoxy) is 2. The van der Waals surface area contributed by atoms with Crippen molar-refractivity contribution < 1.29 is 9.47 Å². The number of hydrogen-bond acceptors (Lipinski definition) is 8. The maximum Gasteiger partial charge on any atom is 0.198 e. The lowest BCUT2D eigenvalue weighted by Gasteiger charge is -2.43. The Kier molecular flexibility index (Phi) is 4.98. The highest BCUT2D eigenvalue weighted by atomic mass is 79.9. The first-order valence-electron chi connectivity index (χ1n) is 9.59. The van der Waals surface area contributed by atoms with Gasteiger partial charge in [0.2, 0.25) is 0 Å². The third-order valence-corrected chi connectivity index (χ3v) is 5.85. The molecule has 10 heteroatoms. The van der Waals surface area contributed by atoms with Crippen molar-refractivity contribution in [2.75, 3.05) is 56.7 Å². The van der Waals surface area contributed by atoms with Gasteiger partial charge in [-0.3, -0.25) is 4.90 Å². The summed E-state index contributed by atoms with van der Waals surface area (Å²) in [7, 11) is 1.71. The topological polar surface area (TPSA) is 80.0 Å². The third-order valence-electron chi connectivity index (χ3n) is 5.47. The second-order valence-electron chi connectivity index (χ2n) is 7.17. The number of hydrogen-bond donors (Lipinski definition) is 1. The lowest BCUT2D eigenvalue weighted by Crippen LogP contribution is -2.56. The van der Waals surface area contributed by atoms with Gasteiger partial charge in [-0.2, -0.15) is 5.10 Å². The summed E-state index contributed by atoms with van der Waals surface area (Å²) >= 11 is 3.41.